The van der Waals surface area contributed by atoms with E-state index in [9.17, 15) is 8.42 Å². The quantitative estimate of drug-likeness (QED) is 0.846. The van der Waals surface area contributed by atoms with E-state index in [4.69, 9.17) is 17.3 Å². The van der Waals surface area contributed by atoms with Crippen molar-refractivity contribution in [3.63, 3.8) is 0 Å². The first-order valence-electron chi connectivity index (χ1n) is 6.37. The zero-order valence-corrected chi connectivity index (χ0v) is 13.6. The van der Waals surface area contributed by atoms with Gasteiger partial charge in [-0.05, 0) is 44.0 Å². The molecule has 0 amide bonds. The van der Waals surface area contributed by atoms with Crippen LogP contribution in [0.25, 0.3) is 0 Å². The molecule has 0 aliphatic heterocycles. The molecule has 2 rings (SSSR count). The molecule has 4 nitrogen and oxygen atoms in total. The molecule has 0 unspecified atom stereocenters. The maximum atomic E-state index is 12.6. The molecule has 0 radical (unpaired) electrons. The van der Waals surface area contributed by atoms with Crippen LogP contribution in [0.2, 0.25) is 5.02 Å². The number of hydrogen-bond acceptors (Lipinski definition) is 3. The van der Waals surface area contributed by atoms with Crippen molar-refractivity contribution in [1.82, 2.24) is 0 Å². The number of nitrogens with one attached hydrogen (secondary N) is 1. The molecule has 0 bridgehead atoms. The summed E-state index contributed by atoms with van der Waals surface area (Å²) in [6.07, 6.45) is 0. The van der Waals surface area contributed by atoms with Gasteiger partial charge in [0.05, 0.1) is 16.4 Å². The molecule has 0 aliphatic carbocycles. The molecule has 0 fully saturated rings. The summed E-state index contributed by atoms with van der Waals surface area (Å²) in [5.74, 6) is 0. The Labute approximate surface area is 130 Å². The highest BCUT2D eigenvalue weighted by Crippen LogP contribution is 2.31. The maximum Gasteiger partial charge on any atom is 0.265 e. The molecule has 2 aromatic carbocycles. The van der Waals surface area contributed by atoms with Crippen LogP contribution in [0, 0.1) is 20.8 Å². The molecule has 0 saturated carbocycles. The van der Waals surface area contributed by atoms with E-state index in [1.165, 1.54) is 12.1 Å². The molecule has 2 aromatic rings. The fourth-order valence-corrected chi connectivity index (χ4v) is 4.22. The minimum Gasteiger partial charge on any atom is -0.398 e. The van der Waals surface area contributed by atoms with Crippen LogP contribution in [0.4, 0.5) is 11.4 Å². The fourth-order valence-electron chi connectivity index (χ4n) is 2.34. The van der Waals surface area contributed by atoms with Crippen LogP contribution in [0.3, 0.4) is 0 Å². The number of benzene rings is 2. The fraction of sp³-hybridized carbons (Fsp3) is 0.200. The van der Waals surface area contributed by atoms with Crippen molar-refractivity contribution in [3.05, 3.63) is 52.0 Å². The lowest BCUT2D eigenvalue weighted by Crippen LogP contribution is -2.17. The lowest BCUT2D eigenvalue weighted by atomic mass is 10.1. The Bertz CT molecular complexity index is 758. The number of rotatable bonds is 3. The summed E-state index contributed by atoms with van der Waals surface area (Å²) < 4.78 is 27.7. The summed E-state index contributed by atoms with van der Waals surface area (Å²) in [6.45, 7) is 5.67. The smallest absolute Gasteiger partial charge is 0.265 e. The lowest BCUT2D eigenvalue weighted by molar-refractivity contribution is 0.601. The van der Waals surface area contributed by atoms with Crippen molar-refractivity contribution in [2.75, 3.05) is 10.5 Å². The molecule has 0 heterocycles. The van der Waals surface area contributed by atoms with Gasteiger partial charge in [-0.3, -0.25) is 4.72 Å². The van der Waals surface area contributed by atoms with Crippen LogP contribution in [-0.4, -0.2) is 8.42 Å². The molecule has 3 N–H and O–H groups in total. The summed E-state index contributed by atoms with van der Waals surface area (Å²) in [4.78, 5) is -0.0916. The molecule has 0 spiro atoms. The maximum absolute atomic E-state index is 12.6. The average Bonchev–Trinajstić information content (AvgIpc) is 2.33. The molecule has 0 aromatic heterocycles. The number of sulfonamides is 1. The Hall–Kier alpha value is -1.72. The third kappa shape index (κ3) is 3.14. The van der Waals surface area contributed by atoms with Gasteiger partial charge < -0.3 is 5.73 Å². The second-order valence-electron chi connectivity index (χ2n) is 5.04. The molecule has 0 aliphatic rings. The predicted molar refractivity (Wildman–Crippen MR) is 87.3 cm³/mol. The van der Waals surface area contributed by atoms with Gasteiger partial charge in [-0.15, -0.1) is 0 Å². The van der Waals surface area contributed by atoms with E-state index < -0.39 is 10.0 Å². The van der Waals surface area contributed by atoms with Crippen LogP contribution >= 0.6 is 11.6 Å². The van der Waals surface area contributed by atoms with Gasteiger partial charge in [-0.2, -0.15) is 0 Å². The number of halogens is 1. The van der Waals surface area contributed by atoms with Crippen molar-refractivity contribution >= 4 is 33.0 Å². The average molecular weight is 325 g/mol. The number of nitrogens with two attached hydrogens (primary N) is 1. The predicted octanol–water partition coefficient (Wildman–Crippen LogP) is 3.65. The van der Waals surface area contributed by atoms with Crippen molar-refractivity contribution in [1.29, 1.82) is 0 Å². The van der Waals surface area contributed by atoms with Gasteiger partial charge in [-0.1, -0.05) is 35.4 Å². The highest BCUT2D eigenvalue weighted by Gasteiger charge is 2.22. The third-order valence-electron chi connectivity index (χ3n) is 3.18. The number of hydrogen-bond donors (Lipinski definition) is 2. The van der Waals surface area contributed by atoms with Crippen LogP contribution in [-0.2, 0) is 10.0 Å². The zero-order valence-electron chi connectivity index (χ0n) is 12.1. The van der Waals surface area contributed by atoms with Crippen LogP contribution in [0.5, 0.6) is 0 Å². The first-order valence-corrected chi connectivity index (χ1v) is 8.23. The Morgan fingerprint density at radius 3 is 2.19 bits per heavy atom. The van der Waals surface area contributed by atoms with Crippen molar-refractivity contribution in [2.24, 2.45) is 0 Å². The van der Waals surface area contributed by atoms with Gasteiger partial charge in [0.1, 0.15) is 4.90 Å². The minimum absolute atomic E-state index is 0.0916. The number of nitrogen functional groups attached to an aromatic ring is 1. The SMILES string of the molecule is Cc1cc(C)c(NS(=O)(=O)c2c(N)cccc2Cl)c(C)c1. The summed E-state index contributed by atoms with van der Waals surface area (Å²) >= 11 is 5.99. The van der Waals surface area contributed by atoms with E-state index in [0.717, 1.165) is 16.7 Å². The number of aryl methyl sites for hydroxylation is 3. The standard InChI is InChI=1S/C15H17ClN2O2S/c1-9-7-10(2)14(11(3)8-9)18-21(19,20)15-12(16)5-4-6-13(15)17/h4-8,18H,17H2,1-3H3. The summed E-state index contributed by atoms with van der Waals surface area (Å²) in [6, 6.07) is 8.46. The van der Waals surface area contributed by atoms with Crippen molar-refractivity contribution in [3.8, 4) is 0 Å². The van der Waals surface area contributed by atoms with E-state index >= 15 is 0 Å². The second-order valence-corrected chi connectivity index (χ2v) is 7.06. The van der Waals surface area contributed by atoms with Gasteiger partial charge in [0.2, 0.25) is 0 Å². The van der Waals surface area contributed by atoms with Crippen LogP contribution in [0.1, 0.15) is 16.7 Å². The Balaban J connectivity index is 2.53. The normalized spacial score (nSPS) is 11.4. The van der Waals surface area contributed by atoms with Gasteiger partial charge in [0, 0.05) is 0 Å². The van der Waals surface area contributed by atoms with Crippen LogP contribution < -0.4 is 10.5 Å². The Morgan fingerprint density at radius 1 is 1.10 bits per heavy atom. The van der Waals surface area contributed by atoms with Gasteiger partial charge in [0.15, 0.2) is 0 Å². The van der Waals surface area contributed by atoms with E-state index in [1.54, 1.807) is 6.07 Å². The van der Waals surface area contributed by atoms with E-state index in [2.05, 4.69) is 4.72 Å². The molecular formula is C15H17ClN2O2S. The van der Waals surface area contributed by atoms with Crippen molar-refractivity contribution < 1.29 is 8.42 Å². The largest absolute Gasteiger partial charge is 0.398 e. The Morgan fingerprint density at radius 2 is 1.67 bits per heavy atom. The van der Waals surface area contributed by atoms with E-state index in [0.29, 0.717) is 5.69 Å². The molecule has 0 atom stereocenters. The molecular weight excluding hydrogens is 308 g/mol. The molecule has 6 heteroatoms. The van der Waals surface area contributed by atoms with E-state index in [1.807, 2.05) is 32.9 Å². The summed E-state index contributed by atoms with van der Waals surface area (Å²) in [5, 5.41) is 0.102. The van der Waals surface area contributed by atoms with Gasteiger partial charge in [0.25, 0.3) is 10.0 Å². The monoisotopic (exact) mass is 324 g/mol. The van der Waals surface area contributed by atoms with Gasteiger partial charge >= 0.3 is 0 Å². The van der Waals surface area contributed by atoms with Crippen molar-refractivity contribution in [2.45, 2.75) is 25.7 Å². The zero-order chi connectivity index (χ0) is 15.8. The molecule has 0 saturated heterocycles. The lowest BCUT2D eigenvalue weighted by Gasteiger charge is -2.16. The molecule has 112 valence electrons. The summed E-state index contributed by atoms with van der Waals surface area (Å²) in [7, 11) is -3.84. The Kier molecular flexibility index (Phi) is 4.16. The number of anilines is 2. The first kappa shape index (κ1) is 15.7. The third-order valence-corrected chi connectivity index (χ3v) is 5.07. The molecule has 21 heavy (non-hydrogen) atoms. The minimum atomic E-state index is -3.84. The highest BCUT2D eigenvalue weighted by atomic mass is 35.5. The highest BCUT2D eigenvalue weighted by molar-refractivity contribution is 7.93. The van der Waals surface area contributed by atoms with E-state index in [-0.39, 0.29) is 15.6 Å². The second kappa shape index (κ2) is 5.58. The first-order chi connectivity index (χ1) is 9.72. The summed E-state index contributed by atoms with van der Waals surface area (Å²) in [5.41, 5.74) is 9.21. The topological polar surface area (TPSA) is 72.2 Å². The van der Waals surface area contributed by atoms with Crippen LogP contribution in [0.15, 0.2) is 35.2 Å². The van der Waals surface area contributed by atoms with Gasteiger partial charge in [-0.25, -0.2) is 8.42 Å².